The van der Waals surface area contributed by atoms with E-state index < -0.39 is 22.4 Å². The van der Waals surface area contributed by atoms with Crippen LogP contribution in [0.2, 0.25) is 0 Å². The molecule has 1 rings (SSSR count). The summed E-state index contributed by atoms with van der Waals surface area (Å²) in [6, 6.07) is 2.93. The fourth-order valence-corrected chi connectivity index (χ4v) is 0.880. The third kappa shape index (κ3) is 2.82. The molecule has 0 unspecified atom stereocenters. The Kier molecular flexibility index (Phi) is 3.66. The van der Waals surface area contributed by atoms with Crippen molar-refractivity contribution in [1.82, 2.24) is 0 Å². The van der Waals surface area contributed by atoms with E-state index in [9.17, 15) is 13.6 Å². The van der Waals surface area contributed by atoms with Gasteiger partial charge in [-0.1, -0.05) is 23.2 Å². The van der Waals surface area contributed by atoms with Gasteiger partial charge in [0, 0.05) is 11.8 Å². The summed E-state index contributed by atoms with van der Waals surface area (Å²) in [6.45, 7) is 0. The van der Waals surface area contributed by atoms with E-state index in [2.05, 4.69) is 5.32 Å². The zero-order chi connectivity index (χ0) is 10.7. The van der Waals surface area contributed by atoms with Gasteiger partial charge in [0.1, 0.15) is 0 Å². The van der Waals surface area contributed by atoms with Crippen molar-refractivity contribution in [3.8, 4) is 0 Å². The highest BCUT2D eigenvalue weighted by Gasteiger charge is 2.12. The Morgan fingerprint density at radius 1 is 1.29 bits per heavy atom. The minimum atomic E-state index is -1.25. The maximum absolute atomic E-state index is 12.6. The Morgan fingerprint density at radius 3 is 2.43 bits per heavy atom. The molecule has 0 saturated carbocycles. The summed E-state index contributed by atoms with van der Waals surface area (Å²) >= 11 is 10.5. The highest BCUT2D eigenvalue weighted by atomic mass is 35.5. The number of anilines is 1. The third-order valence-electron chi connectivity index (χ3n) is 1.39. The van der Waals surface area contributed by atoms with Gasteiger partial charge in [-0.15, -0.1) is 0 Å². The maximum Gasteiger partial charge on any atom is 0.257 e. The van der Waals surface area contributed by atoms with Gasteiger partial charge in [0.15, 0.2) is 16.5 Å². The first-order valence-corrected chi connectivity index (χ1v) is 4.42. The van der Waals surface area contributed by atoms with Crippen molar-refractivity contribution in [2.75, 3.05) is 5.32 Å². The highest BCUT2D eigenvalue weighted by molar-refractivity contribution is 6.54. The molecular weight excluding hydrogens is 235 g/mol. The summed E-state index contributed by atoms with van der Waals surface area (Å²) in [5.74, 6) is -2.74. The second kappa shape index (κ2) is 4.57. The number of carbonyl (C=O) groups is 1. The Balaban J connectivity index is 2.78. The number of hydrogen-bond donors (Lipinski definition) is 1. The zero-order valence-electron chi connectivity index (χ0n) is 6.73. The Labute approximate surface area is 88.8 Å². The van der Waals surface area contributed by atoms with Crippen molar-refractivity contribution in [2.24, 2.45) is 0 Å². The zero-order valence-corrected chi connectivity index (χ0v) is 8.24. The largest absolute Gasteiger partial charge is 0.324 e. The first-order chi connectivity index (χ1) is 6.50. The summed E-state index contributed by atoms with van der Waals surface area (Å²) in [5, 5.41) is 2.20. The first kappa shape index (κ1) is 11.2. The summed E-state index contributed by atoms with van der Waals surface area (Å²) < 4.78 is 25.1. The van der Waals surface area contributed by atoms with Crippen LogP contribution in [0.1, 0.15) is 0 Å². The molecule has 0 saturated heterocycles. The summed E-state index contributed by atoms with van der Waals surface area (Å²) in [7, 11) is 0. The van der Waals surface area contributed by atoms with Crippen molar-refractivity contribution in [3.63, 3.8) is 0 Å². The summed E-state index contributed by atoms with van der Waals surface area (Å²) in [5.41, 5.74) is 0.0974. The van der Waals surface area contributed by atoms with Crippen molar-refractivity contribution in [1.29, 1.82) is 0 Å². The maximum atomic E-state index is 12.6. The average Bonchev–Trinajstić information content (AvgIpc) is 2.11. The van der Waals surface area contributed by atoms with E-state index in [1.54, 1.807) is 0 Å². The van der Waals surface area contributed by atoms with Crippen molar-refractivity contribution in [2.45, 2.75) is 4.84 Å². The molecule has 2 nitrogen and oxygen atoms in total. The first-order valence-electron chi connectivity index (χ1n) is 3.55. The van der Waals surface area contributed by atoms with E-state index in [1.807, 2.05) is 0 Å². The van der Waals surface area contributed by atoms with Crippen LogP contribution >= 0.6 is 23.2 Å². The van der Waals surface area contributed by atoms with Crippen LogP contribution in [-0.2, 0) is 4.79 Å². The van der Waals surface area contributed by atoms with E-state index >= 15 is 0 Å². The lowest BCUT2D eigenvalue weighted by atomic mass is 10.3. The minimum absolute atomic E-state index is 0.0974. The van der Waals surface area contributed by atoms with E-state index in [0.29, 0.717) is 0 Å². The molecule has 1 amide bonds. The molecule has 0 aliphatic rings. The van der Waals surface area contributed by atoms with Gasteiger partial charge in [0.25, 0.3) is 5.91 Å². The Morgan fingerprint density at radius 2 is 1.93 bits per heavy atom. The number of benzene rings is 1. The molecule has 0 heterocycles. The average molecular weight is 240 g/mol. The van der Waals surface area contributed by atoms with Gasteiger partial charge >= 0.3 is 0 Å². The second-order valence-corrected chi connectivity index (χ2v) is 3.52. The standard InChI is InChI=1S/C8H5Cl2F2NO/c9-7(10)8(14)13-4-1-2-5(11)6(12)3-4/h1-3,7H,(H,13,14). The quantitative estimate of drug-likeness (QED) is 0.791. The van der Waals surface area contributed by atoms with Crippen LogP contribution in [0.15, 0.2) is 18.2 Å². The molecule has 1 aromatic carbocycles. The normalized spacial score (nSPS) is 10.4. The molecule has 6 heteroatoms. The molecule has 0 fully saturated rings. The number of carbonyl (C=O) groups excluding carboxylic acids is 1. The van der Waals surface area contributed by atoms with Gasteiger partial charge in [-0.05, 0) is 12.1 Å². The van der Waals surface area contributed by atoms with Crippen LogP contribution in [0.25, 0.3) is 0 Å². The van der Waals surface area contributed by atoms with E-state index in [-0.39, 0.29) is 5.69 Å². The number of amides is 1. The molecule has 1 aromatic rings. The molecule has 14 heavy (non-hydrogen) atoms. The molecule has 0 spiro atoms. The smallest absolute Gasteiger partial charge is 0.257 e. The highest BCUT2D eigenvalue weighted by Crippen LogP contribution is 2.14. The molecule has 76 valence electrons. The van der Waals surface area contributed by atoms with Gasteiger partial charge in [-0.2, -0.15) is 0 Å². The monoisotopic (exact) mass is 239 g/mol. The number of rotatable bonds is 2. The van der Waals surface area contributed by atoms with Crippen LogP contribution in [0.4, 0.5) is 14.5 Å². The Hall–Kier alpha value is -0.870. The van der Waals surface area contributed by atoms with Gasteiger partial charge in [-0.3, -0.25) is 4.79 Å². The SMILES string of the molecule is O=C(Nc1ccc(F)c(F)c1)C(Cl)Cl. The van der Waals surface area contributed by atoms with Gasteiger partial charge < -0.3 is 5.32 Å². The third-order valence-corrected chi connectivity index (χ3v) is 1.78. The molecule has 0 atom stereocenters. The number of nitrogens with one attached hydrogen (secondary N) is 1. The van der Waals surface area contributed by atoms with E-state index in [4.69, 9.17) is 23.2 Å². The molecule has 0 bridgehead atoms. The predicted molar refractivity (Wildman–Crippen MR) is 50.5 cm³/mol. The lowest BCUT2D eigenvalue weighted by Gasteiger charge is -2.05. The fraction of sp³-hybridized carbons (Fsp3) is 0.125. The van der Waals surface area contributed by atoms with Crippen LogP contribution in [-0.4, -0.2) is 10.7 Å². The number of hydrogen-bond acceptors (Lipinski definition) is 1. The summed E-state index contributed by atoms with van der Waals surface area (Å²) in [6.07, 6.45) is 0. The minimum Gasteiger partial charge on any atom is -0.324 e. The molecule has 0 radical (unpaired) electrons. The lowest BCUT2D eigenvalue weighted by Crippen LogP contribution is -2.18. The van der Waals surface area contributed by atoms with E-state index in [0.717, 1.165) is 12.1 Å². The Bertz CT molecular complexity index is 357. The molecule has 0 aliphatic carbocycles. The second-order valence-electron chi connectivity index (χ2n) is 2.42. The van der Waals surface area contributed by atoms with Crippen molar-refractivity contribution in [3.05, 3.63) is 29.8 Å². The lowest BCUT2D eigenvalue weighted by molar-refractivity contribution is -0.114. The van der Waals surface area contributed by atoms with Crippen molar-refractivity contribution >= 4 is 34.8 Å². The molecular formula is C8H5Cl2F2NO. The van der Waals surface area contributed by atoms with Gasteiger partial charge in [0.05, 0.1) is 0 Å². The van der Waals surface area contributed by atoms with Crippen LogP contribution in [0.3, 0.4) is 0 Å². The molecule has 0 aromatic heterocycles. The predicted octanol–water partition coefficient (Wildman–Crippen LogP) is 2.71. The van der Waals surface area contributed by atoms with Crippen molar-refractivity contribution < 1.29 is 13.6 Å². The fourth-order valence-electron chi connectivity index (χ4n) is 0.771. The van der Waals surface area contributed by atoms with Gasteiger partial charge in [0.2, 0.25) is 0 Å². The topological polar surface area (TPSA) is 29.1 Å². The van der Waals surface area contributed by atoms with Crippen LogP contribution in [0, 0.1) is 11.6 Å². The molecule has 1 N–H and O–H groups in total. The van der Waals surface area contributed by atoms with Crippen LogP contribution < -0.4 is 5.32 Å². The number of alkyl halides is 2. The molecule has 0 aliphatic heterocycles. The summed E-state index contributed by atoms with van der Waals surface area (Å²) in [4.78, 5) is 9.67. The van der Waals surface area contributed by atoms with E-state index in [1.165, 1.54) is 6.07 Å². The van der Waals surface area contributed by atoms with Gasteiger partial charge in [-0.25, -0.2) is 8.78 Å². The number of halogens is 4. The van der Waals surface area contributed by atoms with Crippen LogP contribution in [0.5, 0.6) is 0 Å².